The van der Waals surface area contributed by atoms with E-state index in [-0.39, 0.29) is 0 Å². The molecule has 3 nitrogen and oxygen atoms in total. The van der Waals surface area contributed by atoms with Crippen molar-refractivity contribution in [2.24, 2.45) is 7.05 Å². The lowest BCUT2D eigenvalue weighted by atomic mass is 10.3. The molecule has 0 saturated heterocycles. The van der Waals surface area contributed by atoms with Crippen LogP contribution in [0.5, 0.6) is 0 Å². The molecule has 3 rings (SSSR count). The average molecular weight is 235 g/mol. The smallest absolute Gasteiger partial charge is 0.215 e. The highest BCUT2D eigenvalue weighted by Gasteiger charge is 2.14. The van der Waals surface area contributed by atoms with Crippen LogP contribution in [-0.2, 0) is 7.05 Å². The van der Waals surface area contributed by atoms with Crippen molar-refractivity contribution in [3.05, 3.63) is 41.7 Å². The predicted molar refractivity (Wildman–Crippen MR) is 74.3 cm³/mol. The summed E-state index contributed by atoms with van der Waals surface area (Å²) in [7, 11) is 2.00. The lowest BCUT2D eigenvalue weighted by molar-refractivity contribution is 0.928. The molecule has 0 N–H and O–H groups in total. The van der Waals surface area contributed by atoms with Crippen LogP contribution < -0.4 is 0 Å². The highest BCUT2D eigenvalue weighted by molar-refractivity contribution is 5.81. The summed E-state index contributed by atoms with van der Waals surface area (Å²) >= 11 is 0. The molecule has 0 aliphatic heterocycles. The number of rotatable bonds is 1. The quantitative estimate of drug-likeness (QED) is 0.594. The molecule has 0 aliphatic carbocycles. The number of hydrogen-bond acceptors (Lipinski definition) is 1. The van der Waals surface area contributed by atoms with Crippen LogP contribution in [0.4, 0.5) is 0 Å². The number of para-hydroxylation sites is 2. The molecule has 0 saturated carbocycles. The van der Waals surface area contributed by atoms with E-state index in [0.29, 0.717) is 0 Å². The fourth-order valence-corrected chi connectivity index (χ4v) is 2.39. The number of benzene rings is 1. The molecule has 0 spiro atoms. The number of terminal acetylenes is 1. The zero-order chi connectivity index (χ0) is 12.7. The van der Waals surface area contributed by atoms with Gasteiger partial charge >= 0.3 is 0 Å². The van der Waals surface area contributed by atoms with Gasteiger partial charge in [-0.15, -0.1) is 6.42 Å². The van der Waals surface area contributed by atoms with E-state index in [4.69, 9.17) is 6.42 Å². The topological polar surface area (TPSA) is 22.2 Å². The number of aromatic nitrogens is 3. The third-order valence-electron chi connectivity index (χ3n) is 3.25. The van der Waals surface area contributed by atoms with Crippen LogP contribution in [0, 0.1) is 19.3 Å². The third kappa shape index (κ3) is 1.29. The zero-order valence-corrected chi connectivity index (χ0v) is 10.4. The van der Waals surface area contributed by atoms with E-state index in [0.717, 1.165) is 28.2 Å². The average Bonchev–Trinajstić information content (AvgIpc) is 2.86. The van der Waals surface area contributed by atoms with Crippen LogP contribution in [0.15, 0.2) is 30.3 Å². The molecular weight excluding hydrogens is 222 g/mol. The number of hydrogen-bond donors (Lipinski definition) is 0. The van der Waals surface area contributed by atoms with Crippen molar-refractivity contribution in [3.63, 3.8) is 0 Å². The van der Waals surface area contributed by atoms with Crippen molar-refractivity contribution in [1.82, 2.24) is 14.0 Å². The van der Waals surface area contributed by atoms with Crippen molar-refractivity contribution in [3.8, 4) is 12.3 Å². The Hall–Kier alpha value is -2.47. The Labute approximate surface area is 105 Å². The summed E-state index contributed by atoms with van der Waals surface area (Å²) in [5.74, 6) is 3.46. The largest absolute Gasteiger partial charge is 0.313 e. The Morgan fingerprint density at radius 3 is 2.89 bits per heavy atom. The second kappa shape index (κ2) is 3.78. The van der Waals surface area contributed by atoms with E-state index >= 15 is 0 Å². The van der Waals surface area contributed by atoms with Crippen molar-refractivity contribution >= 4 is 22.9 Å². The molecule has 3 aromatic rings. The first-order valence-corrected chi connectivity index (χ1v) is 5.79. The fourth-order valence-electron chi connectivity index (χ4n) is 2.39. The molecule has 18 heavy (non-hydrogen) atoms. The van der Waals surface area contributed by atoms with E-state index in [9.17, 15) is 0 Å². The fraction of sp³-hybridized carbons (Fsp3) is 0.133. The summed E-state index contributed by atoms with van der Waals surface area (Å²) in [5.41, 5.74) is 4.37. The molecule has 0 aliphatic rings. The van der Waals surface area contributed by atoms with E-state index < -0.39 is 0 Å². The summed E-state index contributed by atoms with van der Waals surface area (Å²) < 4.78 is 4.22. The first-order valence-electron chi connectivity index (χ1n) is 5.79. The maximum absolute atomic E-state index is 5.27. The van der Waals surface area contributed by atoms with Gasteiger partial charge in [-0.2, -0.15) is 0 Å². The Bertz CT molecular complexity index is 810. The summed E-state index contributed by atoms with van der Waals surface area (Å²) in [6.07, 6.45) is 8.92. The summed E-state index contributed by atoms with van der Waals surface area (Å²) in [6.45, 7) is 2.08. The second-order valence-electron chi connectivity index (χ2n) is 4.27. The van der Waals surface area contributed by atoms with Gasteiger partial charge in [0.25, 0.3) is 0 Å². The van der Waals surface area contributed by atoms with Gasteiger partial charge in [0.05, 0.1) is 16.7 Å². The SMILES string of the molecule is C#C/C=C\c1c(C)n2c3ccccc3nc2n1C. The van der Waals surface area contributed by atoms with Crippen LogP contribution in [0.1, 0.15) is 11.4 Å². The molecular formula is C15H13N3. The van der Waals surface area contributed by atoms with Crippen molar-refractivity contribution < 1.29 is 0 Å². The Balaban J connectivity index is 2.44. The minimum Gasteiger partial charge on any atom is -0.313 e. The van der Waals surface area contributed by atoms with E-state index in [1.165, 1.54) is 0 Å². The highest BCUT2D eigenvalue weighted by atomic mass is 15.2. The van der Waals surface area contributed by atoms with Crippen LogP contribution in [0.25, 0.3) is 22.9 Å². The van der Waals surface area contributed by atoms with Crippen LogP contribution in [0.2, 0.25) is 0 Å². The molecule has 3 heteroatoms. The monoisotopic (exact) mass is 235 g/mol. The van der Waals surface area contributed by atoms with Crippen molar-refractivity contribution in [2.75, 3.05) is 0 Å². The summed E-state index contributed by atoms with van der Waals surface area (Å²) in [4.78, 5) is 4.64. The maximum Gasteiger partial charge on any atom is 0.215 e. The molecule has 1 aromatic carbocycles. The molecule has 0 unspecified atom stereocenters. The van der Waals surface area contributed by atoms with Gasteiger partial charge in [-0.3, -0.25) is 4.40 Å². The molecule has 0 atom stereocenters. The predicted octanol–water partition coefficient (Wildman–Crippen LogP) is 2.78. The molecule has 2 aromatic heterocycles. The van der Waals surface area contributed by atoms with Gasteiger partial charge in [0.1, 0.15) is 0 Å². The third-order valence-corrected chi connectivity index (χ3v) is 3.25. The molecule has 0 radical (unpaired) electrons. The summed E-state index contributed by atoms with van der Waals surface area (Å²) in [6, 6.07) is 8.14. The van der Waals surface area contributed by atoms with Gasteiger partial charge < -0.3 is 4.57 Å². The molecule has 0 amide bonds. The standard InChI is InChI=1S/C15H13N3/c1-4-5-9-13-11(2)18-14-10-7-6-8-12(14)16-15(18)17(13)3/h1,5-10H,2-3H3/b9-5-. The van der Waals surface area contributed by atoms with Crippen molar-refractivity contribution in [2.45, 2.75) is 6.92 Å². The molecule has 0 fully saturated rings. The number of imidazole rings is 2. The Morgan fingerprint density at radius 2 is 2.11 bits per heavy atom. The molecule has 0 bridgehead atoms. The lowest BCUT2D eigenvalue weighted by Gasteiger charge is -1.97. The highest BCUT2D eigenvalue weighted by Crippen LogP contribution is 2.23. The first-order chi connectivity index (χ1) is 8.74. The van der Waals surface area contributed by atoms with E-state index in [1.807, 2.05) is 31.3 Å². The van der Waals surface area contributed by atoms with Gasteiger partial charge in [0.15, 0.2) is 0 Å². The second-order valence-corrected chi connectivity index (χ2v) is 4.27. The maximum atomic E-state index is 5.27. The van der Waals surface area contributed by atoms with Crippen LogP contribution in [0.3, 0.4) is 0 Å². The Kier molecular flexibility index (Phi) is 2.24. The first kappa shape index (κ1) is 10.7. The van der Waals surface area contributed by atoms with Crippen molar-refractivity contribution in [1.29, 1.82) is 0 Å². The summed E-state index contributed by atoms with van der Waals surface area (Å²) in [5, 5.41) is 0. The normalized spacial score (nSPS) is 11.6. The number of nitrogens with zero attached hydrogens (tertiary/aromatic N) is 3. The van der Waals surface area contributed by atoms with Gasteiger partial charge in [-0.05, 0) is 31.2 Å². The van der Waals surface area contributed by atoms with E-state index in [1.54, 1.807) is 6.08 Å². The number of fused-ring (bicyclic) bond motifs is 3. The minimum atomic E-state index is 0.936. The zero-order valence-electron chi connectivity index (χ0n) is 10.4. The van der Waals surface area contributed by atoms with Gasteiger partial charge in [0, 0.05) is 12.7 Å². The van der Waals surface area contributed by atoms with Gasteiger partial charge in [-0.1, -0.05) is 18.1 Å². The van der Waals surface area contributed by atoms with Crippen LogP contribution in [-0.4, -0.2) is 14.0 Å². The Morgan fingerprint density at radius 1 is 1.33 bits per heavy atom. The molecule has 88 valence electrons. The van der Waals surface area contributed by atoms with Gasteiger partial charge in [-0.25, -0.2) is 4.98 Å². The van der Waals surface area contributed by atoms with E-state index in [2.05, 4.69) is 32.9 Å². The minimum absolute atomic E-state index is 0.936. The molecule has 2 heterocycles. The van der Waals surface area contributed by atoms with Crippen LogP contribution >= 0.6 is 0 Å². The number of aryl methyl sites for hydroxylation is 2. The van der Waals surface area contributed by atoms with Gasteiger partial charge in [0.2, 0.25) is 5.78 Å². The lowest BCUT2D eigenvalue weighted by Crippen LogP contribution is -1.92. The number of allylic oxidation sites excluding steroid dienone is 1.